The molecule has 1 fully saturated rings. The van der Waals surface area contributed by atoms with Crippen molar-refractivity contribution < 1.29 is 4.74 Å². The summed E-state index contributed by atoms with van der Waals surface area (Å²) in [6.45, 7) is 3.74. The Kier molecular flexibility index (Phi) is 3.83. The third kappa shape index (κ3) is 2.99. The molecule has 2 nitrogen and oxygen atoms in total. The summed E-state index contributed by atoms with van der Waals surface area (Å²) in [6.07, 6.45) is 4.65. The quantitative estimate of drug-likeness (QED) is 0.798. The topological polar surface area (TPSA) is 35.2 Å². The van der Waals surface area contributed by atoms with Crippen LogP contribution in [0.25, 0.3) is 0 Å². The van der Waals surface area contributed by atoms with Crippen LogP contribution in [-0.4, -0.2) is 13.2 Å². The van der Waals surface area contributed by atoms with Crippen molar-refractivity contribution in [3.8, 4) is 5.75 Å². The highest BCUT2D eigenvalue weighted by atomic mass is 16.5. The van der Waals surface area contributed by atoms with Crippen molar-refractivity contribution in [1.29, 1.82) is 0 Å². The van der Waals surface area contributed by atoms with Crippen molar-refractivity contribution in [3.05, 3.63) is 29.3 Å². The molecular weight excluding hydrogens is 198 g/mol. The molecule has 1 aliphatic carbocycles. The lowest BCUT2D eigenvalue weighted by Crippen LogP contribution is -2.07. The second-order valence-corrected chi connectivity index (χ2v) is 4.59. The standard InChI is InChI=1S/C14H21NO/c1-2-11-5-6-14(13(9-11)7-8-15)16-10-12-3-4-12/h5-6,9,12H,2-4,7-8,10,15H2,1H3. The third-order valence-electron chi connectivity index (χ3n) is 3.12. The lowest BCUT2D eigenvalue weighted by molar-refractivity contribution is 0.297. The Morgan fingerprint density at radius 3 is 2.81 bits per heavy atom. The largest absolute Gasteiger partial charge is 0.493 e. The number of aryl methyl sites for hydroxylation is 1. The van der Waals surface area contributed by atoms with Crippen molar-refractivity contribution in [2.45, 2.75) is 32.6 Å². The molecule has 1 aromatic rings. The summed E-state index contributed by atoms with van der Waals surface area (Å²) in [4.78, 5) is 0. The van der Waals surface area contributed by atoms with Gasteiger partial charge in [-0.3, -0.25) is 0 Å². The van der Waals surface area contributed by atoms with Crippen molar-refractivity contribution >= 4 is 0 Å². The number of hydrogen-bond acceptors (Lipinski definition) is 2. The third-order valence-corrected chi connectivity index (χ3v) is 3.12. The minimum atomic E-state index is 0.687. The highest BCUT2D eigenvalue weighted by molar-refractivity contribution is 5.37. The van der Waals surface area contributed by atoms with E-state index >= 15 is 0 Å². The number of ether oxygens (including phenoxy) is 1. The van der Waals surface area contributed by atoms with Crippen LogP contribution < -0.4 is 10.5 Å². The zero-order valence-corrected chi connectivity index (χ0v) is 10.0. The Hall–Kier alpha value is -1.02. The highest BCUT2D eigenvalue weighted by Gasteiger charge is 2.22. The molecule has 2 rings (SSSR count). The fourth-order valence-corrected chi connectivity index (χ4v) is 1.84. The molecule has 2 N–H and O–H groups in total. The van der Waals surface area contributed by atoms with E-state index in [1.54, 1.807) is 0 Å². The minimum absolute atomic E-state index is 0.687. The summed E-state index contributed by atoms with van der Waals surface area (Å²) in [5.74, 6) is 1.84. The van der Waals surface area contributed by atoms with Gasteiger partial charge in [-0.25, -0.2) is 0 Å². The first-order valence-corrected chi connectivity index (χ1v) is 6.28. The average molecular weight is 219 g/mol. The molecule has 0 atom stereocenters. The predicted molar refractivity (Wildman–Crippen MR) is 66.8 cm³/mol. The maximum absolute atomic E-state index is 5.86. The number of benzene rings is 1. The second-order valence-electron chi connectivity index (χ2n) is 4.59. The molecule has 0 aromatic heterocycles. The molecule has 0 amide bonds. The molecule has 1 aromatic carbocycles. The van der Waals surface area contributed by atoms with Crippen LogP contribution in [0, 0.1) is 5.92 Å². The lowest BCUT2D eigenvalue weighted by atomic mass is 10.1. The van der Waals surface area contributed by atoms with E-state index in [0.717, 1.165) is 31.1 Å². The molecule has 0 heterocycles. The molecule has 0 spiro atoms. The van der Waals surface area contributed by atoms with Gasteiger partial charge in [0.25, 0.3) is 0 Å². The van der Waals surface area contributed by atoms with Crippen molar-refractivity contribution in [2.75, 3.05) is 13.2 Å². The summed E-state index contributed by atoms with van der Waals surface area (Å²) >= 11 is 0. The van der Waals surface area contributed by atoms with Gasteiger partial charge in [0.1, 0.15) is 5.75 Å². The number of rotatable bonds is 6. The molecule has 2 heteroatoms. The van der Waals surface area contributed by atoms with Gasteiger partial charge >= 0.3 is 0 Å². The van der Waals surface area contributed by atoms with Gasteiger partial charge in [0.05, 0.1) is 6.61 Å². The first kappa shape index (κ1) is 11.5. The van der Waals surface area contributed by atoms with Gasteiger partial charge in [-0.1, -0.05) is 19.1 Å². The zero-order valence-electron chi connectivity index (χ0n) is 10.0. The van der Waals surface area contributed by atoms with Gasteiger partial charge in [0.15, 0.2) is 0 Å². The van der Waals surface area contributed by atoms with E-state index in [4.69, 9.17) is 10.5 Å². The summed E-state index contributed by atoms with van der Waals surface area (Å²) in [7, 11) is 0. The Labute approximate surface area is 97.8 Å². The van der Waals surface area contributed by atoms with E-state index in [-0.39, 0.29) is 0 Å². The lowest BCUT2D eigenvalue weighted by Gasteiger charge is -2.12. The fraction of sp³-hybridized carbons (Fsp3) is 0.571. The fourth-order valence-electron chi connectivity index (χ4n) is 1.84. The highest BCUT2D eigenvalue weighted by Crippen LogP contribution is 2.30. The van der Waals surface area contributed by atoms with E-state index < -0.39 is 0 Å². The molecule has 1 aliphatic rings. The summed E-state index contributed by atoms with van der Waals surface area (Å²) < 4.78 is 5.86. The van der Waals surface area contributed by atoms with Crippen LogP contribution in [-0.2, 0) is 12.8 Å². The minimum Gasteiger partial charge on any atom is -0.493 e. The van der Waals surface area contributed by atoms with Crippen LogP contribution in [0.3, 0.4) is 0 Å². The smallest absolute Gasteiger partial charge is 0.122 e. The van der Waals surface area contributed by atoms with Gasteiger partial charge in [-0.15, -0.1) is 0 Å². The maximum atomic E-state index is 5.86. The maximum Gasteiger partial charge on any atom is 0.122 e. The van der Waals surface area contributed by atoms with Crippen LogP contribution in [0.2, 0.25) is 0 Å². The number of hydrogen-bond donors (Lipinski definition) is 1. The molecule has 0 radical (unpaired) electrons. The van der Waals surface area contributed by atoms with Gasteiger partial charge in [0.2, 0.25) is 0 Å². The van der Waals surface area contributed by atoms with Gasteiger partial charge in [-0.05, 0) is 55.3 Å². The van der Waals surface area contributed by atoms with Crippen LogP contribution in [0.15, 0.2) is 18.2 Å². The Morgan fingerprint density at radius 1 is 1.38 bits per heavy atom. The molecule has 0 aliphatic heterocycles. The molecule has 88 valence electrons. The van der Waals surface area contributed by atoms with Gasteiger partial charge in [0, 0.05) is 0 Å². The monoisotopic (exact) mass is 219 g/mol. The zero-order chi connectivity index (χ0) is 11.4. The molecule has 16 heavy (non-hydrogen) atoms. The van der Waals surface area contributed by atoms with E-state index in [9.17, 15) is 0 Å². The van der Waals surface area contributed by atoms with Crippen molar-refractivity contribution in [2.24, 2.45) is 11.7 Å². The molecule has 0 unspecified atom stereocenters. The summed E-state index contributed by atoms with van der Waals surface area (Å²) in [5.41, 5.74) is 8.26. The Morgan fingerprint density at radius 2 is 2.19 bits per heavy atom. The molecule has 1 saturated carbocycles. The van der Waals surface area contributed by atoms with Crippen molar-refractivity contribution in [1.82, 2.24) is 0 Å². The van der Waals surface area contributed by atoms with E-state index in [1.165, 1.54) is 24.0 Å². The van der Waals surface area contributed by atoms with Crippen LogP contribution in [0.1, 0.15) is 30.9 Å². The number of nitrogens with two attached hydrogens (primary N) is 1. The normalized spacial score (nSPS) is 15.1. The average Bonchev–Trinajstić information content (AvgIpc) is 3.11. The van der Waals surface area contributed by atoms with Gasteiger partial charge in [-0.2, -0.15) is 0 Å². The van der Waals surface area contributed by atoms with Crippen LogP contribution in [0.4, 0.5) is 0 Å². The first-order valence-electron chi connectivity index (χ1n) is 6.28. The summed E-state index contributed by atoms with van der Waals surface area (Å²) in [6, 6.07) is 6.49. The van der Waals surface area contributed by atoms with E-state index in [2.05, 4.69) is 25.1 Å². The Bertz CT molecular complexity index is 345. The van der Waals surface area contributed by atoms with Crippen LogP contribution >= 0.6 is 0 Å². The molecular formula is C14H21NO. The van der Waals surface area contributed by atoms with Crippen LogP contribution in [0.5, 0.6) is 5.75 Å². The second kappa shape index (κ2) is 5.35. The van der Waals surface area contributed by atoms with E-state index in [0.29, 0.717) is 6.54 Å². The first-order chi connectivity index (χ1) is 7.83. The molecule has 0 saturated heterocycles. The Balaban J connectivity index is 2.06. The van der Waals surface area contributed by atoms with Crippen molar-refractivity contribution in [3.63, 3.8) is 0 Å². The predicted octanol–water partition coefficient (Wildman–Crippen LogP) is 2.54. The molecule has 0 bridgehead atoms. The SMILES string of the molecule is CCc1ccc(OCC2CC2)c(CCN)c1. The summed E-state index contributed by atoms with van der Waals surface area (Å²) in [5, 5.41) is 0. The van der Waals surface area contributed by atoms with Gasteiger partial charge < -0.3 is 10.5 Å². The van der Waals surface area contributed by atoms with E-state index in [1.807, 2.05) is 0 Å².